The van der Waals surface area contributed by atoms with Crippen molar-refractivity contribution in [1.29, 1.82) is 0 Å². The van der Waals surface area contributed by atoms with Crippen LogP contribution in [0.2, 0.25) is 0 Å². The van der Waals surface area contributed by atoms with Crippen molar-refractivity contribution in [3.05, 3.63) is 0 Å². The summed E-state index contributed by atoms with van der Waals surface area (Å²) >= 11 is 0. The van der Waals surface area contributed by atoms with Crippen molar-refractivity contribution >= 4 is 14.7 Å². The Bertz CT molecular complexity index is 60.0. The van der Waals surface area contributed by atoms with E-state index in [4.69, 9.17) is 14.3 Å². The first-order chi connectivity index (χ1) is 3.15. The average Bonchev–Trinajstić information content (AvgIpc) is 1.33. The lowest BCUT2D eigenvalue weighted by Crippen LogP contribution is -2.18. The molecule has 0 bridgehead atoms. The Morgan fingerprint density at radius 3 is 1.57 bits per heavy atom. The Morgan fingerprint density at radius 1 is 1.57 bits per heavy atom. The van der Waals surface area contributed by atoms with Crippen molar-refractivity contribution in [1.82, 2.24) is 0 Å². The predicted octanol–water partition coefficient (Wildman–Crippen LogP) is -0.791. The van der Waals surface area contributed by atoms with Gasteiger partial charge in [0.25, 0.3) is 0 Å². The quantitative estimate of drug-likeness (QED) is 0.368. The number of carbonyl (C=O) groups excluding carboxylic acids is 1. The van der Waals surface area contributed by atoms with Crippen molar-refractivity contribution in [3.63, 3.8) is 0 Å². The molecule has 0 saturated heterocycles. The van der Waals surface area contributed by atoms with Crippen LogP contribution in [0.3, 0.4) is 0 Å². The van der Waals surface area contributed by atoms with Crippen molar-refractivity contribution < 1.29 is 14.3 Å². The van der Waals surface area contributed by atoms with Gasteiger partial charge >= 0.3 is 14.7 Å². The molecule has 0 radical (unpaired) electrons. The van der Waals surface area contributed by atoms with Crippen LogP contribution in [-0.2, 0) is 4.57 Å². The third-order valence-electron chi connectivity index (χ3n) is 0. The van der Waals surface area contributed by atoms with Crippen LogP contribution >= 0.6 is 8.69 Å². The maximum atomic E-state index is 9.00. The van der Waals surface area contributed by atoms with Crippen LogP contribution in [0.5, 0.6) is 0 Å². The Labute approximate surface area is 41.6 Å². The first-order valence-electron chi connectivity index (χ1n) is 1.16. The molecule has 0 aromatic heterocycles. The second kappa shape index (κ2) is 9.01. The molecule has 0 unspecified atom stereocenters. The first-order valence-corrected chi connectivity index (χ1v) is 1.93. The molecule has 7 heavy (non-hydrogen) atoms. The highest BCUT2D eigenvalue weighted by molar-refractivity contribution is 7.16. The Morgan fingerprint density at radius 2 is 1.57 bits per heavy atom. The van der Waals surface area contributed by atoms with Gasteiger partial charge in [-0.15, -0.1) is 0 Å². The van der Waals surface area contributed by atoms with E-state index < -0.39 is 14.7 Å². The van der Waals surface area contributed by atoms with Crippen LogP contribution in [0.15, 0.2) is 0 Å². The number of hydrogen-bond donors (Lipinski definition) is 3. The number of urea groups is 1. The Hall–Kier alpha value is -0.670. The predicted molar refractivity (Wildman–Crippen MR) is 23.6 cm³/mol. The van der Waals surface area contributed by atoms with Gasteiger partial charge in [0.1, 0.15) is 0 Å². The van der Waals surface area contributed by atoms with Crippen LogP contribution < -0.4 is 11.5 Å². The van der Waals surface area contributed by atoms with Gasteiger partial charge in [-0.3, -0.25) is 0 Å². The molecule has 0 rings (SSSR count). The zero-order chi connectivity index (χ0) is 6.28. The minimum atomic E-state index is -0.833. The van der Waals surface area contributed by atoms with Gasteiger partial charge in [0.05, 0.1) is 0 Å². The van der Waals surface area contributed by atoms with Gasteiger partial charge in [-0.1, -0.05) is 0 Å². The molecule has 0 aromatic carbocycles. The van der Waals surface area contributed by atoms with Gasteiger partial charge in [0.15, 0.2) is 0 Å². The summed E-state index contributed by atoms with van der Waals surface area (Å²) in [6.45, 7) is 0. The normalized spacial score (nSPS) is 6.43. The molecule has 0 atom stereocenters. The van der Waals surface area contributed by atoms with Gasteiger partial charge < -0.3 is 16.4 Å². The van der Waals surface area contributed by atoms with E-state index in [1.165, 1.54) is 0 Å². The molecule has 0 aliphatic heterocycles. The van der Waals surface area contributed by atoms with Gasteiger partial charge in [0, 0.05) is 0 Å². The number of carbonyl (C=O) groups is 1. The molecule has 0 aliphatic carbocycles. The first kappa shape index (κ1) is 9.59. The summed E-state index contributed by atoms with van der Waals surface area (Å²) < 4.78 is 8.46. The molecule has 2 amide bonds. The van der Waals surface area contributed by atoms with Crippen LogP contribution in [-0.4, -0.2) is 10.9 Å². The number of nitrogens with two attached hydrogens (primary N) is 2. The molecule has 5 N–H and O–H groups in total. The summed E-state index contributed by atoms with van der Waals surface area (Å²) in [4.78, 5) is 16.0. The maximum absolute atomic E-state index is 9.00. The van der Waals surface area contributed by atoms with Crippen molar-refractivity contribution in [2.45, 2.75) is 0 Å². The third-order valence-corrected chi connectivity index (χ3v) is 0. The molecule has 0 fully saturated rings. The van der Waals surface area contributed by atoms with Gasteiger partial charge in [-0.2, -0.15) is 0 Å². The van der Waals surface area contributed by atoms with E-state index in [2.05, 4.69) is 11.5 Å². The lowest BCUT2D eigenvalue weighted by molar-refractivity contribution is 0.256. The van der Waals surface area contributed by atoms with E-state index in [9.17, 15) is 0 Å². The molecule has 5 nitrogen and oxygen atoms in total. The molecule has 42 valence electrons. The molecule has 6 heteroatoms. The highest BCUT2D eigenvalue weighted by Crippen LogP contribution is 1.66. The molecular formula is CH5N2O3P. The number of rotatable bonds is 0. The van der Waals surface area contributed by atoms with Gasteiger partial charge in [0.2, 0.25) is 0 Å². The van der Waals surface area contributed by atoms with E-state index >= 15 is 0 Å². The minimum Gasteiger partial charge on any atom is -0.352 e. The van der Waals surface area contributed by atoms with E-state index in [1.807, 2.05) is 0 Å². The fourth-order valence-corrected chi connectivity index (χ4v) is 0. The zero-order valence-electron chi connectivity index (χ0n) is 3.37. The number of primary amides is 2. The van der Waals surface area contributed by atoms with Gasteiger partial charge in [-0.25, -0.2) is 9.36 Å². The summed E-state index contributed by atoms with van der Waals surface area (Å²) in [5.74, 6) is 0. The van der Waals surface area contributed by atoms with Crippen LogP contribution in [0, 0.1) is 0 Å². The SMILES string of the molecule is NC(N)=O.O=PO. The molecule has 0 spiro atoms. The molecule has 0 aromatic rings. The summed E-state index contributed by atoms with van der Waals surface area (Å²) in [5.41, 5.74) is 8.50. The standard InChI is InChI=1S/CH4N2O.HO2P/c2-1(3)4;1-3-2/h(H4,2,3,4);(H,1,2). The average molecular weight is 124 g/mol. The topological polar surface area (TPSA) is 106 Å². The van der Waals surface area contributed by atoms with E-state index in [1.54, 1.807) is 0 Å². The highest BCUT2D eigenvalue weighted by Gasteiger charge is 1.60. The fourth-order valence-electron chi connectivity index (χ4n) is 0. The second-order valence-corrected chi connectivity index (χ2v) is 0.647. The van der Waals surface area contributed by atoms with E-state index in [-0.39, 0.29) is 0 Å². The lowest BCUT2D eigenvalue weighted by atomic mass is 11.2. The van der Waals surface area contributed by atoms with Crippen LogP contribution in [0.1, 0.15) is 0 Å². The number of amides is 2. The maximum Gasteiger partial charge on any atom is 0.324 e. The summed E-state index contributed by atoms with van der Waals surface area (Å²) in [6.07, 6.45) is 0. The summed E-state index contributed by atoms with van der Waals surface area (Å²) in [7, 11) is -0.833. The van der Waals surface area contributed by atoms with E-state index in [0.29, 0.717) is 0 Å². The third kappa shape index (κ3) is 132. The van der Waals surface area contributed by atoms with Crippen LogP contribution in [0.4, 0.5) is 4.79 Å². The summed E-state index contributed by atoms with van der Waals surface area (Å²) in [5, 5.41) is 0. The van der Waals surface area contributed by atoms with Crippen molar-refractivity contribution in [3.8, 4) is 0 Å². The highest BCUT2D eigenvalue weighted by atomic mass is 31.1. The minimum absolute atomic E-state index is 0.833. The lowest BCUT2D eigenvalue weighted by Gasteiger charge is -1.62. The van der Waals surface area contributed by atoms with Crippen LogP contribution in [0.25, 0.3) is 0 Å². The molecular weight excluding hydrogens is 119 g/mol. The second-order valence-electron chi connectivity index (χ2n) is 0.484. The Balaban J connectivity index is 0. The van der Waals surface area contributed by atoms with Crippen molar-refractivity contribution in [2.24, 2.45) is 11.5 Å². The Kier molecular flexibility index (Phi) is 12.3. The largest absolute Gasteiger partial charge is 0.352 e. The smallest absolute Gasteiger partial charge is 0.324 e. The monoisotopic (exact) mass is 124 g/mol. The molecule has 0 heterocycles. The van der Waals surface area contributed by atoms with E-state index in [0.717, 1.165) is 0 Å². The fraction of sp³-hybridized carbons (Fsp3) is 0. The van der Waals surface area contributed by atoms with Gasteiger partial charge in [-0.05, 0) is 0 Å². The van der Waals surface area contributed by atoms with Crippen molar-refractivity contribution in [2.75, 3.05) is 0 Å². The molecule has 0 aliphatic rings. The number of hydrogen-bond acceptors (Lipinski definition) is 2. The zero-order valence-corrected chi connectivity index (χ0v) is 4.26. The molecule has 0 saturated carbocycles. The summed E-state index contributed by atoms with van der Waals surface area (Å²) in [6, 6.07) is -0.833.